The first kappa shape index (κ1) is 8.87. The van der Waals surface area contributed by atoms with Crippen LogP contribution in [0.5, 0.6) is 0 Å². The molecule has 2 heterocycles. The van der Waals surface area contributed by atoms with Gasteiger partial charge in [0.1, 0.15) is 5.69 Å². The zero-order valence-corrected chi connectivity index (χ0v) is 8.53. The molecule has 2 aromatic heterocycles. The third kappa shape index (κ3) is 1.19. The summed E-state index contributed by atoms with van der Waals surface area (Å²) in [6.45, 7) is 4.10. The highest BCUT2D eigenvalue weighted by Crippen LogP contribution is 2.26. The van der Waals surface area contributed by atoms with E-state index >= 15 is 0 Å². The van der Waals surface area contributed by atoms with Gasteiger partial charge in [0.25, 0.3) is 0 Å². The number of rotatable bonds is 1. The molecule has 0 unspecified atom stereocenters. The molecule has 0 spiro atoms. The molecule has 74 valence electrons. The van der Waals surface area contributed by atoms with E-state index in [1.54, 1.807) is 6.07 Å². The molecule has 4 nitrogen and oxygen atoms in total. The van der Waals surface area contributed by atoms with Crippen LogP contribution in [0.2, 0.25) is 0 Å². The molecule has 0 amide bonds. The van der Waals surface area contributed by atoms with Crippen molar-refractivity contribution < 1.29 is 4.52 Å². The quantitative estimate of drug-likeness (QED) is 0.748. The molecular formula is C10H13N3O. The molecular weight excluding hydrogens is 178 g/mol. The zero-order valence-electron chi connectivity index (χ0n) is 8.53. The van der Waals surface area contributed by atoms with Gasteiger partial charge in [-0.25, -0.2) is 0 Å². The van der Waals surface area contributed by atoms with Crippen LogP contribution in [-0.4, -0.2) is 9.72 Å². The minimum atomic E-state index is 0.348. The maximum Gasteiger partial charge on any atom is 0.222 e. The van der Waals surface area contributed by atoms with Crippen LogP contribution in [0.1, 0.15) is 11.4 Å². The maximum absolute atomic E-state index is 5.47. The van der Waals surface area contributed by atoms with E-state index in [0.29, 0.717) is 5.88 Å². The largest absolute Gasteiger partial charge is 0.368 e. The molecule has 0 bridgehead atoms. The Bertz CT molecular complexity index is 468. The van der Waals surface area contributed by atoms with Gasteiger partial charge in [0.2, 0.25) is 5.88 Å². The van der Waals surface area contributed by atoms with Gasteiger partial charge in [0.05, 0.1) is 0 Å². The van der Waals surface area contributed by atoms with E-state index in [1.807, 2.05) is 14.0 Å². The predicted octanol–water partition coefficient (Wildman–Crippen LogP) is 1.88. The lowest BCUT2D eigenvalue weighted by Crippen LogP contribution is -1.92. The Kier molecular flexibility index (Phi) is 1.84. The summed E-state index contributed by atoms with van der Waals surface area (Å²) in [5.74, 6) is 0.348. The maximum atomic E-state index is 5.47. The van der Waals surface area contributed by atoms with Crippen LogP contribution in [0.3, 0.4) is 0 Å². The van der Waals surface area contributed by atoms with Crippen LogP contribution in [0, 0.1) is 13.8 Å². The van der Waals surface area contributed by atoms with Crippen LogP contribution in [0.4, 0.5) is 5.88 Å². The lowest BCUT2D eigenvalue weighted by Gasteiger charge is -1.99. The second kappa shape index (κ2) is 2.90. The van der Waals surface area contributed by atoms with Crippen molar-refractivity contribution in [2.24, 2.45) is 7.05 Å². The Labute approximate surface area is 82.3 Å². The molecule has 0 radical (unpaired) electrons. The van der Waals surface area contributed by atoms with E-state index in [4.69, 9.17) is 10.3 Å². The molecule has 0 aliphatic heterocycles. The van der Waals surface area contributed by atoms with E-state index in [9.17, 15) is 0 Å². The summed E-state index contributed by atoms with van der Waals surface area (Å²) in [6.07, 6.45) is 0. The summed E-state index contributed by atoms with van der Waals surface area (Å²) in [4.78, 5) is 0. The highest BCUT2D eigenvalue weighted by molar-refractivity contribution is 5.65. The van der Waals surface area contributed by atoms with Gasteiger partial charge in [-0.15, -0.1) is 0 Å². The molecule has 2 rings (SSSR count). The third-order valence-corrected chi connectivity index (χ3v) is 2.58. The van der Waals surface area contributed by atoms with Crippen LogP contribution in [-0.2, 0) is 7.05 Å². The van der Waals surface area contributed by atoms with Crippen molar-refractivity contribution in [1.82, 2.24) is 9.72 Å². The van der Waals surface area contributed by atoms with Crippen molar-refractivity contribution in [3.63, 3.8) is 0 Å². The number of hydrogen-bond acceptors (Lipinski definition) is 3. The summed E-state index contributed by atoms with van der Waals surface area (Å²) in [6, 6.07) is 3.81. The minimum absolute atomic E-state index is 0.348. The normalized spacial score (nSPS) is 10.8. The minimum Gasteiger partial charge on any atom is -0.368 e. The molecule has 2 N–H and O–H groups in total. The standard InChI is InChI=1S/C10H13N3O/c1-6-4-8(7(2)13(6)3)9-5-10(11)14-12-9/h4-5H,11H2,1-3H3. The molecule has 0 fully saturated rings. The Hall–Kier alpha value is -1.71. The second-order valence-corrected chi connectivity index (χ2v) is 3.46. The number of nitrogens with two attached hydrogens (primary N) is 1. The monoisotopic (exact) mass is 191 g/mol. The fraction of sp³-hybridized carbons (Fsp3) is 0.300. The smallest absolute Gasteiger partial charge is 0.222 e. The van der Waals surface area contributed by atoms with Crippen molar-refractivity contribution >= 4 is 5.88 Å². The van der Waals surface area contributed by atoms with Gasteiger partial charge in [-0.1, -0.05) is 5.16 Å². The van der Waals surface area contributed by atoms with Crippen molar-refractivity contribution in [3.8, 4) is 11.3 Å². The van der Waals surface area contributed by atoms with Crippen LogP contribution >= 0.6 is 0 Å². The van der Waals surface area contributed by atoms with Gasteiger partial charge in [-0.3, -0.25) is 0 Å². The molecule has 0 aromatic carbocycles. The van der Waals surface area contributed by atoms with Gasteiger partial charge in [0, 0.05) is 30.1 Å². The van der Waals surface area contributed by atoms with Gasteiger partial charge >= 0.3 is 0 Å². The summed E-state index contributed by atoms with van der Waals surface area (Å²) < 4.78 is 6.95. The van der Waals surface area contributed by atoms with E-state index in [1.165, 1.54) is 5.69 Å². The molecule has 0 aliphatic rings. The van der Waals surface area contributed by atoms with Gasteiger partial charge in [-0.05, 0) is 19.9 Å². The van der Waals surface area contributed by atoms with Crippen molar-refractivity contribution in [3.05, 3.63) is 23.5 Å². The number of nitrogens with zero attached hydrogens (tertiary/aromatic N) is 2. The average molecular weight is 191 g/mol. The third-order valence-electron chi connectivity index (χ3n) is 2.58. The zero-order chi connectivity index (χ0) is 10.3. The summed E-state index contributed by atoms with van der Waals surface area (Å²) in [5, 5.41) is 3.89. The van der Waals surface area contributed by atoms with E-state index < -0.39 is 0 Å². The first-order valence-corrected chi connectivity index (χ1v) is 4.45. The molecule has 0 aliphatic carbocycles. The second-order valence-electron chi connectivity index (χ2n) is 3.46. The highest BCUT2D eigenvalue weighted by atomic mass is 16.5. The number of hydrogen-bond donors (Lipinski definition) is 1. The fourth-order valence-corrected chi connectivity index (χ4v) is 1.53. The number of nitrogen functional groups attached to an aromatic ring is 1. The molecule has 14 heavy (non-hydrogen) atoms. The lowest BCUT2D eigenvalue weighted by molar-refractivity contribution is 0.439. The van der Waals surface area contributed by atoms with Gasteiger partial charge in [-0.2, -0.15) is 0 Å². The lowest BCUT2D eigenvalue weighted by atomic mass is 10.2. The van der Waals surface area contributed by atoms with Crippen molar-refractivity contribution in [1.29, 1.82) is 0 Å². The number of aryl methyl sites for hydroxylation is 1. The Balaban J connectivity index is 2.57. The SMILES string of the molecule is Cc1cc(-c2cc(N)on2)c(C)n1C. The first-order valence-electron chi connectivity index (χ1n) is 4.45. The van der Waals surface area contributed by atoms with E-state index in [-0.39, 0.29) is 0 Å². The van der Waals surface area contributed by atoms with Gasteiger partial charge < -0.3 is 14.8 Å². The highest BCUT2D eigenvalue weighted by Gasteiger charge is 2.11. The fourth-order valence-electron chi connectivity index (χ4n) is 1.53. The van der Waals surface area contributed by atoms with E-state index in [2.05, 4.69) is 22.7 Å². The average Bonchev–Trinajstić information content (AvgIpc) is 2.66. The Morgan fingerprint density at radius 2 is 2.07 bits per heavy atom. The topological polar surface area (TPSA) is 57.0 Å². The molecule has 0 atom stereocenters. The van der Waals surface area contributed by atoms with Crippen molar-refractivity contribution in [2.45, 2.75) is 13.8 Å². The van der Waals surface area contributed by atoms with E-state index in [0.717, 1.165) is 17.0 Å². The molecule has 2 aromatic rings. The summed E-state index contributed by atoms with van der Waals surface area (Å²) in [7, 11) is 2.03. The molecule has 4 heteroatoms. The van der Waals surface area contributed by atoms with Crippen molar-refractivity contribution in [2.75, 3.05) is 5.73 Å². The van der Waals surface area contributed by atoms with Gasteiger partial charge in [0.15, 0.2) is 0 Å². The van der Waals surface area contributed by atoms with Crippen LogP contribution < -0.4 is 5.73 Å². The summed E-state index contributed by atoms with van der Waals surface area (Å²) in [5.41, 5.74) is 9.70. The first-order chi connectivity index (χ1) is 6.59. The van der Waals surface area contributed by atoms with Crippen LogP contribution in [0.15, 0.2) is 16.7 Å². The molecule has 0 saturated heterocycles. The number of anilines is 1. The summed E-state index contributed by atoms with van der Waals surface area (Å²) >= 11 is 0. The molecule has 0 saturated carbocycles. The number of aromatic nitrogens is 2. The Morgan fingerprint density at radius 3 is 2.50 bits per heavy atom. The predicted molar refractivity (Wildman–Crippen MR) is 54.8 cm³/mol. The van der Waals surface area contributed by atoms with Crippen LogP contribution in [0.25, 0.3) is 11.3 Å². The Morgan fingerprint density at radius 1 is 1.36 bits per heavy atom.